The van der Waals surface area contributed by atoms with Crippen LogP contribution in [-0.4, -0.2) is 16.6 Å². The smallest absolute Gasteiger partial charge is 0.136 e. The van der Waals surface area contributed by atoms with Crippen molar-refractivity contribution in [2.45, 2.75) is 19.1 Å². The molecule has 124 valence electrons. The number of aliphatic hydroxyl groups is 1. The van der Waals surface area contributed by atoms with Crippen LogP contribution in [-0.2, 0) is 12.1 Å². The SMILES string of the molecule is CC(O)(CNCc1ccc(-c2ccncc2)cc1F)c1ccco1. The normalized spacial score (nSPS) is 13.6. The zero-order chi connectivity index (χ0) is 17.0. The van der Waals surface area contributed by atoms with Crippen molar-refractivity contribution < 1.29 is 13.9 Å². The van der Waals surface area contributed by atoms with Crippen molar-refractivity contribution in [2.75, 3.05) is 6.54 Å². The summed E-state index contributed by atoms with van der Waals surface area (Å²) in [5, 5.41) is 13.4. The van der Waals surface area contributed by atoms with Gasteiger partial charge in [-0.15, -0.1) is 0 Å². The Bertz CT molecular complexity index is 786. The van der Waals surface area contributed by atoms with Gasteiger partial charge >= 0.3 is 0 Å². The van der Waals surface area contributed by atoms with Crippen LogP contribution in [0.2, 0.25) is 0 Å². The summed E-state index contributed by atoms with van der Waals surface area (Å²) < 4.78 is 19.5. The van der Waals surface area contributed by atoms with E-state index in [1.165, 1.54) is 12.3 Å². The molecule has 0 fully saturated rings. The number of nitrogens with zero attached hydrogens (tertiary/aromatic N) is 1. The van der Waals surface area contributed by atoms with E-state index in [2.05, 4.69) is 10.3 Å². The van der Waals surface area contributed by atoms with Gasteiger partial charge < -0.3 is 14.8 Å². The Balaban J connectivity index is 1.64. The maximum atomic E-state index is 14.3. The van der Waals surface area contributed by atoms with Crippen LogP contribution in [0.15, 0.2) is 65.5 Å². The number of furan rings is 1. The van der Waals surface area contributed by atoms with Crippen molar-refractivity contribution in [2.24, 2.45) is 0 Å². The summed E-state index contributed by atoms with van der Waals surface area (Å²) >= 11 is 0. The molecule has 0 aliphatic heterocycles. The number of nitrogens with one attached hydrogen (secondary N) is 1. The summed E-state index contributed by atoms with van der Waals surface area (Å²) in [6, 6.07) is 12.3. The minimum atomic E-state index is -1.14. The summed E-state index contributed by atoms with van der Waals surface area (Å²) in [7, 11) is 0. The van der Waals surface area contributed by atoms with Gasteiger partial charge in [-0.2, -0.15) is 0 Å². The van der Waals surface area contributed by atoms with E-state index in [1.807, 2.05) is 18.2 Å². The minimum Gasteiger partial charge on any atom is -0.466 e. The van der Waals surface area contributed by atoms with Gasteiger partial charge in [-0.3, -0.25) is 4.98 Å². The van der Waals surface area contributed by atoms with Crippen molar-refractivity contribution in [3.63, 3.8) is 0 Å². The van der Waals surface area contributed by atoms with Gasteiger partial charge in [0.1, 0.15) is 17.2 Å². The molecule has 3 aromatic rings. The highest BCUT2D eigenvalue weighted by molar-refractivity contribution is 5.63. The Morgan fingerprint density at radius 1 is 1.17 bits per heavy atom. The highest BCUT2D eigenvalue weighted by Crippen LogP contribution is 2.22. The molecular formula is C19H19FN2O2. The molecule has 0 aliphatic rings. The lowest BCUT2D eigenvalue weighted by molar-refractivity contribution is 0.0340. The fraction of sp³-hybridized carbons (Fsp3) is 0.211. The molecule has 0 amide bonds. The van der Waals surface area contributed by atoms with E-state index < -0.39 is 5.60 Å². The first-order valence-corrected chi connectivity index (χ1v) is 7.72. The molecule has 2 heterocycles. The average molecular weight is 326 g/mol. The summed E-state index contributed by atoms with van der Waals surface area (Å²) in [5.74, 6) is 0.193. The molecule has 2 aromatic heterocycles. The maximum absolute atomic E-state index is 14.3. The highest BCUT2D eigenvalue weighted by Gasteiger charge is 2.25. The Kier molecular flexibility index (Phi) is 4.74. The third-order valence-corrected chi connectivity index (χ3v) is 3.90. The van der Waals surface area contributed by atoms with Gasteiger partial charge in [0.05, 0.1) is 6.26 Å². The fourth-order valence-corrected chi connectivity index (χ4v) is 2.53. The molecule has 1 unspecified atom stereocenters. The molecule has 1 atom stereocenters. The van der Waals surface area contributed by atoms with Crippen LogP contribution in [0.1, 0.15) is 18.2 Å². The van der Waals surface area contributed by atoms with Gasteiger partial charge in [0.2, 0.25) is 0 Å². The van der Waals surface area contributed by atoms with Crippen LogP contribution >= 0.6 is 0 Å². The monoisotopic (exact) mass is 326 g/mol. The Hall–Kier alpha value is -2.50. The van der Waals surface area contributed by atoms with Crippen molar-refractivity contribution in [3.8, 4) is 11.1 Å². The highest BCUT2D eigenvalue weighted by atomic mass is 19.1. The predicted molar refractivity (Wildman–Crippen MR) is 89.6 cm³/mol. The predicted octanol–water partition coefficient (Wildman–Crippen LogP) is 3.48. The molecule has 5 heteroatoms. The molecule has 1 aromatic carbocycles. The standard InChI is InChI=1S/C19H19FN2O2/c1-19(23,18-3-2-10-24-18)13-22-12-16-5-4-15(11-17(16)20)14-6-8-21-9-7-14/h2-11,22-23H,12-13H2,1H3. The second-order valence-electron chi connectivity index (χ2n) is 5.90. The second-order valence-corrected chi connectivity index (χ2v) is 5.90. The summed E-state index contributed by atoms with van der Waals surface area (Å²) in [5.41, 5.74) is 1.13. The largest absolute Gasteiger partial charge is 0.466 e. The van der Waals surface area contributed by atoms with Crippen LogP contribution in [0.4, 0.5) is 4.39 Å². The lowest BCUT2D eigenvalue weighted by Gasteiger charge is -2.21. The molecule has 3 rings (SSSR count). The van der Waals surface area contributed by atoms with E-state index in [-0.39, 0.29) is 12.4 Å². The number of halogens is 1. The number of benzene rings is 1. The number of hydrogen-bond donors (Lipinski definition) is 2. The van der Waals surface area contributed by atoms with Gasteiger partial charge in [0, 0.05) is 31.0 Å². The third-order valence-electron chi connectivity index (χ3n) is 3.90. The van der Waals surface area contributed by atoms with E-state index in [1.54, 1.807) is 37.5 Å². The number of pyridine rings is 1. The van der Waals surface area contributed by atoms with Crippen LogP contribution in [0.25, 0.3) is 11.1 Å². The topological polar surface area (TPSA) is 58.3 Å². The maximum Gasteiger partial charge on any atom is 0.136 e. The molecule has 0 radical (unpaired) electrons. The van der Waals surface area contributed by atoms with Crippen molar-refractivity contribution in [3.05, 3.63) is 78.3 Å². The van der Waals surface area contributed by atoms with Crippen molar-refractivity contribution >= 4 is 0 Å². The molecule has 0 aliphatic carbocycles. The Labute approximate surface area is 140 Å². The molecule has 0 bridgehead atoms. The van der Waals surface area contributed by atoms with Crippen molar-refractivity contribution in [1.82, 2.24) is 10.3 Å². The zero-order valence-corrected chi connectivity index (χ0v) is 13.4. The van der Waals surface area contributed by atoms with Gasteiger partial charge in [-0.1, -0.05) is 12.1 Å². The molecule has 24 heavy (non-hydrogen) atoms. The lowest BCUT2D eigenvalue weighted by atomic mass is 10.0. The quantitative estimate of drug-likeness (QED) is 0.728. The summed E-state index contributed by atoms with van der Waals surface area (Å²) in [6.45, 7) is 2.23. The molecule has 4 nitrogen and oxygen atoms in total. The van der Waals surface area contributed by atoms with Crippen LogP contribution in [0, 0.1) is 5.82 Å². The number of rotatable bonds is 6. The molecule has 2 N–H and O–H groups in total. The van der Waals surface area contributed by atoms with E-state index in [9.17, 15) is 9.50 Å². The van der Waals surface area contributed by atoms with Crippen LogP contribution < -0.4 is 5.32 Å². The molecule has 0 saturated carbocycles. The van der Waals surface area contributed by atoms with E-state index in [0.717, 1.165) is 11.1 Å². The molecule has 0 spiro atoms. The number of aromatic nitrogens is 1. The van der Waals surface area contributed by atoms with Crippen LogP contribution in [0.3, 0.4) is 0 Å². The summed E-state index contributed by atoms with van der Waals surface area (Å²) in [4.78, 5) is 3.96. The van der Waals surface area contributed by atoms with Gasteiger partial charge in [0.25, 0.3) is 0 Å². The van der Waals surface area contributed by atoms with Crippen LogP contribution in [0.5, 0.6) is 0 Å². The minimum absolute atomic E-state index is 0.256. The van der Waals surface area contributed by atoms with Gasteiger partial charge in [-0.25, -0.2) is 4.39 Å². The Morgan fingerprint density at radius 3 is 2.62 bits per heavy atom. The summed E-state index contributed by atoms with van der Waals surface area (Å²) in [6.07, 6.45) is 4.88. The lowest BCUT2D eigenvalue weighted by Crippen LogP contribution is -2.34. The van der Waals surface area contributed by atoms with Gasteiger partial charge in [0.15, 0.2) is 0 Å². The van der Waals surface area contributed by atoms with Gasteiger partial charge in [-0.05, 0) is 48.4 Å². The first-order valence-electron chi connectivity index (χ1n) is 7.72. The zero-order valence-electron chi connectivity index (χ0n) is 13.4. The first-order chi connectivity index (χ1) is 11.6. The van der Waals surface area contributed by atoms with E-state index in [4.69, 9.17) is 4.42 Å². The third kappa shape index (κ3) is 3.69. The Morgan fingerprint density at radius 2 is 1.96 bits per heavy atom. The number of hydrogen-bond acceptors (Lipinski definition) is 4. The average Bonchev–Trinajstić information content (AvgIpc) is 3.12. The van der Waals surface area contributed by atoms with E-state index >= 15 is 0 Å². The van der Waals surface area contributed by atoms with E-state index in [0.29, 0.717) is 17.9 Å². The molecule has 0 saturated heterocycles. The molecular weight excluding hydrogens is 307 g/mol. The first kappa shape index (κ1) is 16.4. The second kappa shape index (κ2) is 6.95. The fourth-order valence-electron chi connectivity index (χ4n) is 2.53. The van der Waals surface area contributed by atoms with Crippen molar-refractivity contribution in [1.29, 1.82) is 0 Å².